The second-order valence-corrected chi connectivity index (χ2v) is 8.44. The molecule has 0 saturated heterocycles. The first-order chi connectivity index (χ1) is 13.9. The van der Waals surface area contributed by atoms with Crippen LogP contribution in [0.5, 0.6) is 0 Å². The highest BCUT2D eigenvalue weighted by Gasteiger charge is 2.25. The van der Waals surface area contributed by atoms with Gasteiger partial charge < -0.3 is 33.4 Å². The van der Waals surface area contributed by atoms with Gasteiger partial charge in [0.05, 0.1) is 52.4 Å². The molecule has 0 aliphatic carbocycles. The largest absolute Gasteiger partial charge is 0.652 e. The van der Waals surface area contributed by atoms with Crippen LogP contribution in [0.4, 0.5) is 4.79 Å². The highest BCUT2D eigenvalue weighted by atomic mass is 16.6. The molecule has 184 valence electrons. The third kappa shape index (κ3) is 16.9. The van der Waals surface area contributed by atoms with E-state index in [0.29, 0.717) is 0 Å². The van der Waals surface area contributed by atoms with E-state index in [1.807, 2.05) is 0 Å². The summed E-state index contributed by atoms with van der Waals surface area (Å²) in [6.45, 7) is 20.5. The second kappa shape index (κ2) is 20.0. The van der Waals surface area contributed by atoms with Crippen LogP contribution in [-0.2, 0) is 9.47 Å². The maximum absolute atomic E-state index is 8.33. The molecule has 0 aromatic rings. The smallest absolute Gasteiger partial charge is 0.0860 e. The normalized spacial score (nSPS) is 13.4. The Labute approximate surface area is 187 Å². The van der Waals surface area contributed by atoms with Crippen LogP contribution < -0.4 is 10.2 Å². The van der Waals surface area contributed by atoms with E-state index < -0.39 is 6.16 Å². The van der Waals surface area contributed by atoms with Crippen LogP contribution in [-0.4, -0.2) is 94.9 Å². The first-order valence-corrected chi connectivity index (χ1v) is 11.5. The van der Waals surface area contributed by atoms with Crippen LogP contribution in [0.3, 0.4) is 0 Å². The molecule has 0 amide bonds. The summed E-state index contributed by atoms with van der Waals surface area (Å²) < 4.78 is 12.5. The summed E-state index contributed by atoms with van der Waals surface area (Å²) in [4.78, 5) is 8.33. The number of quaternary nitrogens is 2. The van der Waals surface area contributed by atoms with Crippen molar-refractivity contribution in [3.05, 3.63) is 0 Å². The lowest BCUT2D eigenvalue weighted by molar-refractivity contribution is -0.928. The molecule has 0 rings (SSSR count). The summed E-state index contributed by atoms with van der Waals surface area (Å²) in [6, 6.07) is 1.51. The zero-order valence-electron chi connectivity index (χ0n) is 21.7. The van der Waals surface area contributed by atoms with Crippen molar-refractivity contribution < 1.29 is 33.4 Å². The minimum absolute atomic E-state index is 0.755. The van der Waals surface area contributed by atoms with Gasteiger partial charge >= 0.3 is 0 Å². The Morgan fingerprint density at radius 2 is 0.967 bits per heavy atom. The average Bonchev–Trinajstić information content (AvgIpc) is 2.72. The van der Waals surface area contributed by atoms with Gasteiger partial charge in [0.25, 0.3) is 0 Å². The molecular weight excluding hydrogens is 384 g/mol. The van der Waals surface area contributed by atoms with Crippen molar-refractivity contribution in [1.29, 1.82) is 0 Å². The van der Waals surface area contributed by atoms with Crippen molar-refractivity contribution >= 4 is 6.16 Å². The van der Waals surface area contributed by atoms with E-state index in [2.05, 4.69) is 55.6 Å². The van der Waals surface area contributed by atoms with Gasteiger partial charge in [0, 0.05) is 40.3 Å². The first-order valence-electron chi connectivity index (χ1n) is 11.5. The van der Waals surface area contributed by atoms with E-state index in [1.165, 1.54) is 60.8 Å². The van der Waals surface area contributed by atoms with E-state index >= 15 is 0 Å². The molecule has 0 fully saturated rings. The minimum Gasteiger partial charge on any atom is -0.652 e. The second-order valence-electron chi connectivity index (χ2n) is 8.44. The Balaban J connectivity index is -0.000000412. The molecule has 2 atom stereocenters. The molecule has 0 spiro atoms. The summed E-state index contributed by atoms with van der Waals surface area (Å²) >= 11 is 0. The quantitative estimate of drug-likeness (QED) is 0.308. The van der Waals surface area contributed by atoms with Crippen LogP contribution in [0, 0.1) is 0 Å². The van der Waals surface area contributed by atoms with Crippen LogP contribution in [0.1, 0.15) is 67.2 Å². The number of carbonyl (C=O) groups is 1. The summed E-state index contributed by atoms with van der Waals surface area (Å²) in [5.41, 5.74) is 0. The lowest BCUT2D eigenvalue weighted by Gasteiger charge is -2.38. The van der Waals surface area contributed by atoms with Crippen molar-refractivity contribution in [2.75, 3.05) is 67.7 Å². The first kappa shape index (κ1) is 33.7. The average molecular weight is 437 g/mol. The van der Waals surface area contributed by atoms with Gasteiger partial charge in [0.1, 0.15) is 0 Å². The molecule has 0 radical (unpaired) electrons. The minimum atomic E-state index is -2.33. The summed E-state index contributed by atoms with van der Waals surface area (Å²) in [5.74, 6) is 0. The van der Waals surface area contributed by atoms with E-state index in [9.17, 15) is 0 Å². The number of carboxylic acid groups (broad SMARTS) is 2. The van der Waals surface area contributed by atoms with Crippen LogP contribution in [0.15, 0.2) is 0 Å². The Kier molecular flexibility index (Phi) is 22.5. The number of rotatable bonds is 14. The monoisotopic (exact) mass is 436 g/mol. The lowest BCUT2D eigenvalue weighted by Crippen LogP contribution is -2.50. The Bertz CT molecular complexity index is 352. The van der Waals surface area contributed by atoms with Gasteiger partial charge in [-0.05, 0) is 60.5 Å². The number of hydrogen-bond donors (Lipinski definition) is 0. The van der Waals surface area contributed by atoms with Crippen LogP contribution in [0.25, 0.3) is 0 Å². The predicted octanol–water partition coefficient (Wildman–Crippen LogP) is 2.13. The van der Waals surface area contributed by atoms with Crippen molar-refractivity contribution in [3.63, 3.8) is 0 Å². The topological polar surface area (TPSA) is 81.7 Å². The maximum Gasteiger partial charge on any atom is 0.0860 e. The van der Waals surface area contributed by atoms with Gasteiger partial charge in [-0.2, -0.15) is 0 Å². The van der Waals surface area contributed by atoms with E-state index in [-0.39, 0.29) is 0 Å². The van der Waals surface area contributed by atoms with Crippen LogP contribution >= 0.6 is 0 Å². The van der Waals surface area contributed by atoms with Gasteiger partial charge in [-0.25, -0.2) is 0 Å². The molecule has 0 heterocycles. The molecule has 0 saturated carbocycles. The van der Waals surface area contributed by atoms with Crippen molar-refractivity contribution in [2.24, 2.45) is 0 Å². The number of hydrogen-bond acceptors (Lipinski definition) is 5. The van der Waals surface area contributed by atoms with Crippen molar-refractivity contribution in [3.8, 4) is 0 Å². The Morgan fingerprint density at radius 3 is 1.13 bits per heavy atom. The van der Waals surface area contributed by atoms with Crippen molar-refractivity contribution in [1.82, 2.24) is 0 Å². The van der Waals surface area contributed by atoms with Gasteiger partial charge in [-0.3, -0.25) is 0 Å². The molecule has 0 aliphatic heterocycles. The van der Waals surface area contributed by atoms with Gasteiger partial charge in [-0.1, -0.05) is 0 Å². The zero-order valence-corrected chi connectivity index (χ0v) is 21.7. The van der Waals surface area contributed by atoms with Crippen molar-refractivity contribution in [2.45, 2.75) is 79.3 Å². The van der Waals surface area contributed by atoms with Gasteiger partial charge in [0.15, 0.2) is 0 Å². The Morgan fingerprint density at radius 1 is 0.733 bits per heavy atom. The third-order valence-corrected chi connectivity index (χ3v) is 6.96. The summed E-state index contributed by atoms with van der Waals surface area (Å²) in [7, 11) is 8.24. The van der Waals surface area contributed by atoms with E-state index in [0.717, 1.165) is 25.3 Å². The molecule has 0 N–H and O–H groups in total. The molecule has 30 heavy (non-hydrogen) atoms. The molecule has 7 nitrogen and oxygen atoms in total. The standard InChI is InChI=1S/2C11H26NO.CH2O3/c2*1-6-12(4,7-2)11(3)9-8-10-13-5;2-1(3)4/h2*11H,6-10H2,1-5H3;(H2,2,3,4)/q2*+1;/p-2. The maximum atomic E-state index is 8.33. The zero-order chi connectivity index (χ0) is 24.2. The fraction of sp³-hybridized carbons (Fsp3) is 0.957. The Hall–Kier alpha value is -0.890. The molecule has 0 aliphatic rings. The molecule has 0 aromatic heterocycles. The number of nitrogens with zero attached hydrogens (tertiary/aromatic N) is 2. The van der Waals surface area contributed by atoms with Gasteiger partial charge in [0.2, 0.25) is 0 Å². The molecule has 7 heteroatoms. The fourth-order valence-corrected chi connectivity index (χ4v) is 3.36. The van der Waals surface area contributed by atoms with Crippen LogP contribution in [0.2, 0.25) is 0 Å². The number of methoxy groups -OCH3 is 2. The van der Waals surface area contributed by atoms with Gasteiger partial charge in [-0.15, -0.1) is 0 Å². The SMILES string of the molecule is CC[N+](C)(CC)C(C)CCCOC.CC[N+](C)(CC)C(C)CCCOC.O=C([O-])[O-]. The fourth-order valence-electron chi connectivity index (χ4n) is 3.36. The highest BCUT2D eigenvalue weighted by Crippen LogP contribution is 2.15. The molecular formula is C23H52N2O5. The molecule has 2 unspecified atom stereocenters. The highest BCUT2D eigenvalue weighted by molar-refractivity contribution is 5.47. The third-order valence-electron chi connectivity index (χ3n) is 6.96. The van der Waals surface area contributed by atoms with E-state index in [4.69, 9.17) is 24.5 Å². The van der Waals surface area contributed by atoms with E-state index in [1.54, 1.807) is 14.2 Å². The summed E-state index contributed by atoms with van der Waals surface area (Å²) in [6.07, 6.45) is 2.58. The summed E-state index contributed by atoms with van der Waals surface area (Å²) in [5, 5.41) is 16.7. The predicted molar refractivity (Wildman–Crippen MR) is 121 cm³/mol. The lowest BCUT2D eigenvalue weighted by atomic mass is 10.1. The molecule has 0 aromatic carbocycles. The molecule has 0 bridgehead atoms. The number of ether oxygens (including phenoxy) is 2. The number of carbonyl (C=O) groups excluding carboxylic acids is 1.